The molecule has 0 atom stereocenters. The fraction of sp³-hybridized carbons (Fsp3) is 0.556. The third kappa shape index (κ3) is 9.98. The van der Waals surface area contributed by atoms with Gasteiger partial charge in [0.25, 0.3) is 0 Å². The normalized spacial score (nSPS) is 12.6. The Balaban J connectivity index is 2.27. The molecule has 1 aromatic rings. The Hall–Kier alpha value is -1.32. The van der Waals surface area contributed by atoms with Crippen LogP contribution in [0.3, 0.4) is 0 Å². The minimum Gasteiger partial charge on any atom is -0.378 e. The minimum absolute atomic E-state index is 0.532. The van der Waals surface area contributed by atoms with Gasteiger partial charge in [-0.2, -0.15) is 0 Å². The highest BCUT2D eigenvalue weighted by Crippen LogP contribution is 2.22. The fourth-order valence-corrected chi connectivity index (χ4v) is 2.25. The van der Waals surface area contributed by atoms with Crippen LogP contribution in [0.1, 0.15) is 19.5 Å². The van der Waals surface area contributed by atoms with Crippen molar-refractivity contribution in [3.8, 4) is 0 Å². The summed E-state index contributed by atoms with van der Waals surface area (Å²) in [6.07, 6.45) is 5.83. The van der Waals surface area contributed by atoms with Crippen LogP contribution >= 0.6 is 15.9 Å². The molecule has 1 rings (SSSR count). The van der Waals surface area contributed by atoms with Crippen LogP contribution in [0.5, 0.6) is 0 Å². The summed E-state index contributed by atoms with van der Waals surface area (Å²) >= 11 is 3.51. The van der Waals surface area contributed by atoms with E-state index in [1.165, 1.54) is 0 Å². The van der Waals surface area contributed by atoms with E-state index in [4.69, 9.17) is 19.9 Å². The van der Waals surface area contributed by atoms with E-state index in [0.717, 1.165) is 21.3 Å². The zero-order valence-electron chi connectivity index (χ0n) is 15.6. The molecule has 0 saturated carbocycles. The average molecular weight is 429 g/mol. The maximum Gasteiger partial charge on any atom is 0.113 e. The van der Waals surface area contributed by atoms with E-state index < -0.39 is 0 Å². The van der Waals surface area contributed by atoms with E-state index in [1.54, 1.807) is 4.68 Å². The van der Waals surface area contributed by atoms with Gasteiger partial charge in [0.15, 0.2) is 0 Å². The molecule has 0 aliphatic rings. The van der Waals surface area contributed by atoms with Crippen LogP contribution in [0.2, 0.25) is 0 Å². The third-order valence-corrected chi connectivity index (χ3v) is 3.62. The molecular weight excluding hydrogens is 400 g/mol. The zero-order valence-corrected chi connectivity index (χ0v) is 17.2. The number of rotatable bonds is 14. The second-order valence-corrected chi connectivity index (χ2v) is 6.81. The van der Waals surface area contributed by atoms with E-state index in [-0.39, 0.29) is 0 Å². The molecule has 146 valence electrons. The van der Waals surface area contributed by atoms with Gasteiger partial charge in [0, 0.05) is 16.6 Å². The van der Waals surface area contributed by atoms with Crippen molar-refractivity contribution >= 4 is 21.5 Å². The summed E-state index contributed by atoms with van der Waals surface area (Å²) in [5.41, 5.74) is 8.08. The Morgan fingerprint density at radius 2 is 1.73 bits per heavy atom. The molecule has 2 N–H and O–H groups in total. The lowest BCUT2D eigenvalue weighted by Gasteiger charge is -2.06. The van der Waals surface area contributed by atoms with Gasteiger partial charge in [-0.3, -0.25) is 0 Å². The molecule has 0 radical (unpaired) electrons. The number of hydrogen-bond donors (Lipinski definition) is 1. The van der Waals surface area contributed by atoms with E-state index in [2.05, 4.69) is 32.8 Å². The quantitative estimate of drug-likeness (QED) is 0.362. The smallest absolute Gasteiger partial charge is 0.113 e. The van der Waals surface area contributed by atoms with Gasteiger partial charge in [-0.15, -0.1) is 5.10 Å². The third-order valence-electron chi connectivity index (χ3n) is 3.19. The van der Waals surface area contributed by atoms with Crippen molar-refractivity contribution in [3.05, 3.63) is 40.7 Å². The second kappa shape index (κ2) is 13.8. The van der Waals surface area contributed by atoms with E-state index in [0.29, 0.717) is 52.7 Å². The molecule has 0 saturated heterocycles. The first kappa shape index (κ1) is 22.7. The van der Waals surface area contributed by atoms with Crippen molar-refractivity contribution in [2.45, 2.75) is 20.4 Å². The molecule has 1 aromatic heterocycles. The van der Waals surface area contributed by atoms with Crippen molar-refractivity contribution in [1.29, 1.82) is 0 Å². The van der Waals surface area contributed by atoms with Crippen LogP contribution in [0.25, 0.3) is 5.57 Å². The van der Waals surface area contributed by atoms with E-state index in [9.17, 15) is 0 Å². The van der Waals surface area contributed by atoms with Crippen LogP contribution in [0, 0.1) is 0 Å². The summed E-state index contributed by atoms with van der Waals surface area (Å²) in [6.45, 7) is 12.2. The Kier molecular flexibility index (Phi) is 12.1. The minimum atomic E-state index is 0.532. The van der Waals surface area contributed by atoms with Gasteiger partial charge in [-0.1, -0.05) is 45.4 Å². The van der Waals surface area contributed by atoms with Crippen molar-refractivity contribution in [2.24, 2.45) is 5.73 Å². The Labute approximate surface area is 164 Å². The lowest BCUT2D eigenvalue weighted by atomic mass is 10.1. The molecule has 26 heavy (non-hydrogen) atoms. The first-order valence-corrected chi connectivity index (χ1v) is 9.37. The Bertz CT molecular complexity index is 595. The van der Waals surface area contributed by atoms with E-state index >= 15 is 0 Å². The number of allylic oxidation sites excluding steroid dienone is 5. The van der Waals surface area contributed by atoms with Crippen molar-refractivity contribution < 1.29 is 14.2 Å². The number of nitrogens with two attached hydrogens (primary N) is 1. The second-order valence-electron chi connectivity index (χ2n) is 5.62. The Morgan fingerprint density at radius 3 is 2.31 bits per heavy atom. The average Bonchev–Trinajstić information content (AvgIpc) is 3.04. The first-order valence-electron chi connectivity index (χ1n) is 8.58. The van der Waals surface area contributed by atoms with Crippen LogP contribution in [-0.4, -0.2) is 61.2 Å². The largest absolute Gasteiger partial charge is 0.378 e. The number of halogens is 1. The molecule has 0 aromatic carbocycles. The molecule has 0 unspecified atom stereocenters. The topological polar surface area (TPSA) is 84.4 Å². The molecule has 1 heterocycles. The van der Waals surface area contributed by atoms with Gasteiger partial charge in [0.05, 0.1) is 52.4 Å². The summed E-state index contributed by atoms with van der Waals surface area (Å²) in [5, 5.41) is 8.36. The number of aromatic nitrogens is 3. The van der Waals surface area contributed by atoms with Gasteiger partial charge >= 0.3 is 0 Å². The molecule has 0 bridgehead atoms. The van der Waals surface area contributed by atoms with Crippen LogP contribution in [0.4, 0.5) is 0 Å². The maximum absolute atomic E-state index is 5.54. The van der Waals surface area contributed by atoms with Crippen LogP contribution < -0.4 is 5.73 Å². The predicted molar refractivity (Wildman–Crippen MR) is 107 cm³/mol. The molecule has 0 amide bonds. The fourth-order valence-electron chi connectivity index (χ4n) is 1.92. The molecule has 0 aliphatic carbocycles. The van der Waals surface area contributed by atoms with Gasteiger partial charge in [0.1, 0.15) is 5.69 Å². The Morgan fingerprint density at radius 1 is 1.12 bits per heavy atom. The van der Waals surface area contributed by atoms with Crippen LogP contribution in [0.15, 0.2) is 35.0 Å². The molecule has 0 spiro atoms. The standard InChI is InChI=1S/C18H29BrN4O3/c1-15(2)4-5-17(16(3)19)18-14-23(22-21-18)7-9-25-11-13-26-12-10-24-8-6-20/h4-5,14H,1,6-13,20H2,2-3H3/b5-4-,17-16-. The molecule has 7 nitrogen and oxygen atoms in total. The summed E-state index contributed by atoms with van der Waals surface area (Å²) < 4.78 is 18.9. The number of nitrogens with zero attached hydrogens (tertiary/aromatic N) is 3. The highest BCUT2D eigenvalue weighted by atomic mass is 79.9. The molecule has 0 fully saturated rings. The zero-order chi connectivity index (χ0) is 19.2. The SMILES string of the molecule is C=C(C)/C=C\C(=C(/C)Br)c1cn(CCOCCOCCOCCN)nn1. The van der Waals surface area contributed by atoms with Crippen LogP contribution in [-0.2, 0) is 20.8 Å². The van der Waals surface area contributed by atoms with Gasteiger partial charge < -0.3 is 19.9 Å². The molecular formula is C18H29BrN4O3. The van der Waals surface area contributed by atoms with Gasteiger partial charge in [-0.25, -0.2) is 4.68 Å². The molecule has 8 heteroatoms. The molecule has 0 aliphatic heterocycles. The van der Waals surface area contributed by atoms with Crippen molar-refractivity contribution in [3.63, 3.8) is 0 Å². The predicted octanol–water partition coefficient (Wildman–Crippen LogP) is 2.54. The summed E-state index contributed by atoms with van der Waals surface area (Å²) in [6, 6.07) is 0. The summed E-state index contributed by atoms with van der Waals surface area (Å²) in [5.74, 6) is 0. The highest BCUT2D eigenvalue weighted by molar-refractivity contribution is 9.11. The van der Waals surface area contributed by atoms with Gasteiger partial charge in [0.2, 0.25) is 0 Å². The summed E-state index contributed by atoms with van der Waals surface area (Å²) in [4.78, 5) is 0. The first-order chi connectivity index (χ1) is 12.5. The monoisotopic (exact) mass is 428 g/mol. The highest BCUT2D eigenvalue weighted by Gasteiger charge is 2.07. The number of hydrogen-bond acceptors (Lipinski definition) is 6. The number of ether oxygens (including phenoxy) is 3. The van der Waals surface area contributed by atoms with Crippen molar-refractivity contribution in [2.75, 3.05) is 46.2 Å². The lowest BCUT2D eigenvalue weighted by molar-refractivity contribution is 0.0141. The van der Waals surface area contributed by atoms with Gasteiger partial charge in [-0.05, 0) is 13.8 Å². The summed E-state index contributed by atoms with van der Waals surface area (Å²) in [7, 11) is 0. The lowest BCUT2D eigenvalue weighted by Crippen LogP contribution is -2.14. The maximum atomic E-state index is 5.54. The van der Waals surface area contributed by atoms with Crippen molar-refractivity contribution in [1.82, 2.24) is 15.0 Å². The van der Waals surface area contributed by atoms with E-state index in [1.807, 2.05) is 32.2 Å².